The summed E-state index contributed by atoms with van der Waals surface area (Å²) in [6, 6.07) is 10.7. The van der Waals surface area contributed by atoms with E-state index >= 15 is 0 Å². The first kappa shape index (κ1) is 32.5. The molecule has 1 fully saturated rings. The maximum absolute atomic E-state index is 13.7. The van der Waals surface area contributed by atoms with Gasteiger partial charge in [0, 0.05) is 5.56 Å². The number of hydrogen-bond acceptors (Lipinski definition) is 10. The summed E-state index contributed by atoms with van der Waals surface area (Å²) in [6.45, 7) is 8.70. The normalized spacial score (nSPS) is 15.8. The molecule has 1 amide bonds. The number of ether oxygens (including phenoxy) is 4. The molecule has 0 radical (unpaired) electrons. The average molecular weight is 623 g/mol. The summed E-state index contributed by atoms with van der Waals surface area (Å²) in [5.41, 5.74) is 1.06. The number of aromatic nitrogens is 1. The minimum absolute atomic E-state index is 0.123. The molecule has 234 valence electrons. The molecule has 0 unspecified atom stereocenters. The molecule has 2 heterocycles. The van der Waals surface area contributed by atoms with Gasteiger partial charge in [-0.25, -0.2) is 9.78 Å². The van der Waals surface area contributed by atoms with Crippen molar-refractivity contribution in [2.24, 2.45) is 0 Å². The van der Waals surface area contributed by atoms with E-state index in [1.54, 1.807) is 56.3 Å². The van der Waals surface area contributed by atoms with Crippen LogP contribution in [0, 0.1) is 6.92 Å². The number of anilines is 1. The number of amides is 1. The minimum Gasteiger partial charge on any atom is -0.507 e. The highest BCUT2D eigenvalue weighted by atomic mass is 32.1. The first-order chi connectivity index (χ1) is 21.2. The summed E-state index contributed by atoms with van der Waals surface area (Å²) in [5.74, 6) is -1.16. The number of nitrogens with zero attached hydrogens (tertiary/aromatic N) is 2. The Balaban J connectivity index is 1.84. The summed E-state index contributed by atoms with van der Waals surface area (Å²) in [5, 5.41) is 11.7. The van der Waals surface area contributed by atoms with Gasteiger partial charge in [0.2, 0.25) is 0 Å². The standard InChI is InChI=1S/C33H38N2O8S/c1-6-9-17-42-23-14-11-21(12-15-23)28(36)26-27(22-13-16-24(25(19-22)40-5)43-18-10-7-2)35(31(38)29(26)37)33-34-20(4)30(44-33)32(39)41-8-3/h11-16,19,27,36H,6-10,17-18H2,1-5H3/t27-/m1/s1. The minimum atomic E-state index is -1.07. The number of methoxy groups -OCH3 is 1. The lowest BCUT2D eigenvalue weighted by Crippen LogP contribution is -2.29. The molecule has 0 bridgehead atoms. The molecule has 1 saturated heterocycles. The predicted octanol–water partition coefficient (Wildman–Crippen LogP) is 6.62. The molecule has 1 aromatic heterocycles. The van der Waals surface area contributed by atoms with Gasteiger partial charge in [-0.05, 0) is 68.7 Å². The summed E-state index contributed by atoms with van der Waals surface area (Å²) in [6.07, 6.45) is 3.72. The highest BCUT2D eigenvalue weighted by Crippen LogP contribution is 2.45. The van der Waals surface area contributed by atoms with Crippen molar-refractivity contribution in [3.8, 4) is 17.2 Å². The Morgan fingerprint density at radius 2 is 1.66 bits per heavy atom. The molecule has 0 saturated carbocycles. The van der Waals surface area contributed by atoms with Gasteiger partial charge in [-0.15, -0.1) is 0 Å². The van der Waals surface area contributed by atoms with Gasteiger partial charge in [0.15, 0.2) is 16.6 Å². The number of esters is 1. The van der Waals surface area contributed by atoms with Gasteiger partial charge >= 0.3 is 11.9 Å². The summed E-state index contributed by atoms with van der Waals surface area (Å²) in [4.78, 5) is 45.8. The summed E-state index contributed by atoms with van der Waals surface area (Å²) < 4.78 is 22.4. The number of benzene rings is 2. The van der Waals surface area contributed by atoms with E-state index in [1.165, 1.54) is 12.0 Å². The third kappa shape index (κ3) is 6.88. The molecule has 2 aromatic carbocycles. The monoisotopic (exact) mass is 622 g/mol. The maximum Gasteiger partial charge on any atom is 0.350 e. The number of rotatable bonds is 14. The van der Waals surface area contributed by atoms with Gasteiger partial charge in [-0.2, -0.15) is 0 Å². The lowest BCUT2D eigenvalue weighted by molar-refractivity contribution is -0.132. The van der Waals surface area contributed by atoms with Crippen molar-refractivity contribution >= 4 is 39.9 Å². The van der Waals surface area contributed by atoms with Crippen LogP contribution in [-0.4, -0.2) is 54.7 Å². The third-order valence-electron chi connectivity index (χ3n) is 7.05. The first-order valence-corrected chi connectivity index (χ1v) is 15.6. The molecule has 0 aliphatic carbocycles. The largest absolute Gasteiger partial charge is 0.507 e. The van der Waals surface area contributed by atoms with E-state index in [2.05, 4.69) is 18.8 Å². The second-order valence-corrected chi connectivity index (χ2v) is 11.1. The van der Waals surface area contributed by atoms with Crippen LogP contribution in [0.15, 0.2) is 48.0 Å². The molecule has 1 N–H and O–H groups in total. The number of carbonyl (C=O) groups is 3. The van der Waals surface area contributed by atoms with Crippen molar-refractivity contribution in [2.75, 3.05) is 31.8 Å². The van der Waals surface area contributed by atoms with Crippen LogP contribution < -0.4 is 19.1 Å². The Morgan fingerprint density at radius 1 is 0.977 bits per heavy atom. The van der Waals surface area contributed by atoms with Crippen LogP contribution >= 0.6 is 11.3 Å². The number of aliphatic hydroxyl groups excluding tert-OH is 1. The number of aliphatic hydroxyl groups is 1. The number of thiazole rings is 1. The van der Waals surface area contributed by atoms with Crippen LogP contribution in [-0.2, 0) is 14.3 Å². The fourth-order valence-electron chi connectivity index (χ4n) is 4.72. The van der Waals surface area contributed by atoms with E-state index in [9.17, 15) is 19.5 Å². The smallest absolute Gasteiger partial charge is 0.350 e. The SMILES string of the molecule is CCCCOc1ccc(C(O)=C2C(=O)C(=O)N(c3nc(C)c(C(=O)OCC)s3)[C@@H]2c2ccc(OCCCC)c(OC)c2)cc1. The van der Waals surface area contributed by atoms with Crippen LogP contribution in [0.1, 0.15) is 79.0 Å². The third-order valence-corrected chi connectivity index (χ3v) is 8.19. The molecule has 0 spiro atoms. The molecule has 1 atom stereocenters. The van der Waals surface area contributed by atoms with Gasteiger partial charge < -0.3 is 24.1 Å². The topological polar surface area (TPSA) is 124 Å². The van der Waals surface area contributed by atoms with Crippen LogP contribution in [0.5, 0.6) is 17.2 Å². The molecule has 1 aliphatic rings. The number of Topliss-reactive ketones (excluding diaryl/α,β-unsaturated/α-hetero) is 1. The van der Waals surface area contributed by atoms with Crippen molar-refractivity contribution in [1.82, 2.24) is 4.98 Å². The number of carbonyl (C=O) groups excluding carboxylic acids is 3. The highest BCUT2D eigenvalue weighted by Gasteiger charge is 2.48. The van der Waals surface area contributed by atoms with E-state index < -0.39 is 23.7 Å². The molecule has 10 nitrogen and oxygen atoms in total. The van der Waals surface area contributed by atoms with E-state index in [-0.39, 0.29) is 27.9 Å². The van der Waals surface area contributed by atoms with Gasteiger partial charge in [0.05, 0.1) is 44.2 Å². The lowest BCUT2D eigenvalue weighted by Gasteiger charge is -2.24. The summed E-state index contributed by atoms with van der Waals surface area (Å²) >= 11 is 0.947. The van der Waals surface area contributed by atoms with Gasteiger partial charge in [-0.3, -0.25) is 14.5 Å². The number of unbranched alkanes of at least 4 members (excludes halogenated alkanes) is 2. The van der Waals surface area contributed by atoms with E-state index in [1.807, 2.05) is 0 Å². The quantitative estimate of drug-likeness (QED) is 0.0694. The molecule has 1 aliphatic heterocycles. The molecule has 3 aromatic rings. The van der Waals surface area contributed by atoms with Crippen LogP contribution in [0.25, 0.3) is 5.76 Å². The molecular formula is C33H38N2O8S. The highest BCUT2D eigenvalue weighted by molar-refractivity contribution is 7.17. The van der Waals surface area contributed by atoms with Crippen LogP contribution in [0.4, 0.5) is 5.13 Å². The van der Waals surface area contributed by atoms with Crippen molar-refractivity contribution in [2.45, 2.75) is 59.4 Å². The zero-order chi connectivity index (χ0) is 31.8. The molecular weight excluding hydrogens is 584 g/mol. The number of hydrogen-bond donors (Lipinski definition) is 1. The van der Waals surface area contributed by atoms with Gasteiger partial charge in [0.25, 0.3) is 5.78 Å². The lowest BCUT2D eigenvalue weighted by atomic mass is 9.95. The molecule has 11 heteroatoms. The van der Waals surface area contributed by atoms with E-state index in [0.717, 1.165) is 37.0 Å². The van der Waals surface area contributed by atoms with Crippen molar-refractivity contribution in [3.63, 3.8) is 0 Å². The zero-order valence-electron chi connectivity index (χ0n) is 25.7. The van der Waals surface area contributed by atoms with E-state index in [4.69, 9.17) is 18.9 Å². The predicted molar refractivity (Wildman–Crippen MR) is 168 cm³/mol. The fourth-order valence-corrected chi connectivity index (χ4v) is 5.70. The van der Waals surface area contributed by atoms with Crippen LogP contribution in [0.2, 0.25) is 0 Å². The Morgan fingerprint density at radius 3 is 2.30 bits per heavy atom. The fraction of sp³-hybridized carbons (Fsp3) is 0.394. The van der Waals surface area contributed by atoms with Gasteiger partial charge in [0.1, 0.15) is 16.4 Å². The average Bonchev–Trinajstić information content (AvgIpc) is 3.53. The van der Waals surface area contributed by atoms with Crippen LogP contribution in [0.3, 0.4) is 0 Å². The van der Waals surface area contributed by atoms with Crippen molar-refractivity contribution < 1.29 is 38.4 Å². The molecule has 4 rings (SSSR count). The van der Waals surface area contributed by atoms with Gasteiger partial charge in [-0.1, -0.05) is 44.1 Å². The van der Waals surface area contributed by atoms with Crippen molar-refractivity contribution in [3.05, 3.63) is 69.7 Å². The Kier molecular flexibility index (Phi) is 11.0. The first-order valence-electron chi connectivity index (χ1n) is 14.7. The second-order valence-electron chi connectivity index (χ2n) is 10.1. The number of ketones is 1. The Hall–Kier alpha value is -4.38. The molecule has 44 heavy (non-hydrogen) atoms. The number of aryl methyl sites for hydroxylation is 1. The summed E-state index contributed by atoms with van der Waals surface area (Å²) in [7, 11) is 1.50. The Labute approximate surface area is 261 Å². The zero-order valence-corrected chi connectivity index (χ0v) is 26.5. The Bertz CT molecular complexity index is 1530. The second kappa shape index (κ2) is 14.9. The van der Waals surface area contributed by atoms with E-state index in [0.29, 0.717) is 47.3 Å². The maximum atomic E-state index is 13.7. The van der Waals surface area contributed by atoms with Crippen molar-refractivity contribution in [1.29, 1.82) is 0 Å².